The molecule has 2 amide bonds. The highest BCUT2D eigenvalue weighted by Gasteiger charge is 2.49. The lowest BCUT2D eigenvalue weighted by molar-refractivity contribution is -0.117. The molecule has 1 aromatic rings. The van der Waals surface area contributed by atoms with E-state index in [-0.39, 0.29) is 34.7 Å². The number of ether oxygens (including phenoxy) is 1. The number of thioether (sulfide) groups is 1. The molecule has 0 saturated carbocycles. The van der Waals surface area contributed by atoms with E-state index in [4.69, 9.17) is 16.3 Å². The summed E-state index contributed by atoms with van der Waals surface area (Å²) >= 11 is 6.94. The molecule has 0 radical (unpaired) electrons. The molecule has 2 heterocycles. The maximum atomic E-state index is 14.0. The number of sulfone groups is 1. The number of alkyl carbamates (subject to hydrolysis) is 1. The fraction of sp³-hybridized carbons (Fsp3) is 0.526. The zero-order chi connectivity index (χ0) is 23.0. The lowest BCUT2D eigenvalue weighted by Crippen LogP contribution is -2.38. The van der Waals surface area contributed by atoms with Crippen LogP contribution in [-0.2, 0) is 19.4 Å². The summed E-state index contributed by atoms with van der Waals surface area (Å²) in [5.74, 6) is -1.30. The quantitative estimate of drug-likeness (QED) is 0.690. The second-order valence-electron chi connectivity index (χ2n) is 8.24. The van der Waals surface area contributed by atoms with Crippen LogP contribution in [-0.4, -0.2) is 60.5 Å². The summed E-state index contributed by atoms with van der Waals surface area (Å²) in [4.78, 5) is 29.7. The Kier molecular flexibility index (Phi) is 6.87. The van der Waals surface area contributed by atoms with Crippen molar-refractivity contribution in [3.63, 3.8) is 0 Å². The SMILES string of the molecule is CC(C)(C)OC(=O)NCCC(=O)N=C1SC2CS(=O)(=O)CC2N1c1ccc(Cl)c(F)c1. The van der Waals surface area contributed by atoms with Crippen LogP contribution >= 0.6 is 23.4 Å². The van der Waals surface area contributed by atoms with Crippen LogP contribution < -0.4 is 10.2 Å². The molecule has 1 aromatic carbocycles. The van der Waals surface area contributed by atoms with Gasteiger partial charge in [0.25, 0.3) is 0 Å². The summed E-state index contributed by atoms with van der Waals surface area (Å²) in [6.45, 7) is 5.22. The number of halogens is 2. The molecular formula is C19H23ClFN3O5S2. The third-order valence-corrected chi connectivity index (χ3v) is 7.99. The minimum Gasteiger partial charge on any atom is -0.444 e. The lowest BCUT2D eigenvalue weighted by Gasteiger charge is -2.24. The van der Waals surface area contributed by atoms with E-state index in [9.17, 15) is 22.4 Å². The molecule has 2 aliphatic heterocycles. The Bertz CT molecular complexity index is 1030. The molecule has 31 heavy (non-hydrogen) atoms. The first-order valence-corrected chi connectivity index (χ1v) is 12.6. The molecule has 2 aliphatic rings. The monoisotopic (exact) mass is 491 g/mol. The molecule has 0 spiro atoms. The van der Waals surface area contributed by atoms with Crippen molar-refractivity contribution in [2.45, 2.75) is 44.1 Å². The number of amidine groups is 1. The van der Waals surface area contributed by atoms with E-state index >= 15 is 0 Å². The lowest BCUT2D eigenvalue weighted by atomic mass is 10.2. The van der Waals surface area contributed by atoms with Gasteiger partial charge in [-0.3, -0.25) is 4.79 Å². The van der Waals surface area contributed by atoms with Crippen LogP contribution in [0.25, 0.3) is 0 Å². The summed E-state index contributed by atoms with van der Waals surface area (Å²) < 4.78 is 43.3. The fourth-order valence-corrected chi connectivity index (χ4v) is 7.30. The average molecular weight is 492 g/mol. The Morgan fingerprint density at radius 1 is 1.35 bits per heavy atom. The Morgan fingerprint density at radius 3 is 2.71 bits per heavy atom. The zero-order valence-electron chi connectivity index (χ0n) is 17.2. The van der Waals surface area contributed by atoms with Crippen LogP contribution in [0, 0.1) is 5.82 Å². The number of carbonyl (C=O) groups excluding carboxylic acids is 2. The van der Waals surface area contributed by atoms with Gasteiger partial charge in [-0.2, -0.15) is 4.99 Å². The summed E-state index contributed by atoms with van der Waals surface area (Å²) in [6.07, 6.45) is -0.707. The maximum Gasteiger partial charge on any atom is 0.407 e. The van der Waals surface area contributed by atoms with Gasteiger partial charge in [0, 0.05) is 23.9 Å². The van der Waals surface area contributed by atoms with Gasteiger partial charge in [0.2, 0.25) is 5.91 Å². The topological polar surface area (TPSA) is 105 Å². The smallest absolute Gasteiger partial charge is 0.407 e. The minimum atomic E-state index is -3.24. The number of carbonyl (C=O) groups is 2. The van der Waals surface area contributed by atoms with Crippen molar-refractivity contribution in [2.75, 3.05) is 23.0 Å². The van der Waals surface area contributed by atoms with Gasteiger partial charge in [-0.25, -0.2) is 17.6 Å². The van der Waals surface area contributed by atoms with Gasteiger partial charge in [0.15, 0.2) is 15.0 Å². The molecule has 0 aliphatic carbocycles. The molecular weight excluding hydrogens is 469 g/mol. The Hall–Kier alpha value is -1.85. The van der Waals surface area contributed by atoms with E-state index in [2.05, 4.69) is 10.3 Å². The van der Waals surface area contributed by atoms with E-state index in [0.29, 0.717) is 10.9 Å². The first-order chi connectivity index (χ1) is 14.3. The number of hydrogen-bond donors (Lipinski definition) is 1. The zero-order valence-corrected chi connectivity index (χ0v) is 19.6. The third-order valence-electron chi connectivity index (χ3n) is 4.48. The Balaban J connectivity index is 1.74. The van der Waals surface area contributed by atoms with Crippen LogP contribution in [0.2, 0.25) is 5.02 Å². The molecule has 2 atom stereocenters. The molecule has 0 aromatic heterocycles. The van der Waals surface area contributed by atoms with E-state index in [1.165, 1.54) is 23.9 Å². The highest BCUT2D eigenvalue weighted by molar-refractivity contribution is 8.16. The van der Waals surface area contributed by atoms with Gasteiger partial charge in [0.05, 0.1) is 22.6 Å². The highest BCUT2D eigenvalue weighted by atomic mass is 35.5. The number of rotatable bonds is 4. The molecule has 2 unspecified atom stereocenters. The van der Waals surface area contributed by atoms with E-state index in [1.807, 2.05) is 0 Å². The van der Waals surface area contributed by atoms with Gasteiger partial charge >= 0.3 is 6.09 Å². The normalized spacial score (nSPS) is 23.6. The minimum absolute atomic E-state index is 0.0337. The average Bonchev–Trinajstić information content (AvgIpc) is 3.06. The number of aliphatic imine (C=N–C) groups is 1. The predicted octanol–water partition coefficient (Wildman–Crippen LogP) is 3.00. The first-order valence-electron chi connectivity index (χ1n) is 9.54. The van der Waals surface area contributed by atoms with Crippen molar-refractivity contribution in [3.05, 3.63) is 29.0 Å². The highest BCUT2D eigenvalue weighted by Crippen LogP contribution is 2.41. The van der Waals surface area contributed by atoms with Gasteiger partial charge in [-0.1, -0.05) is 23.4 Å². The fourth-order valence-electron chi connectivity index (χ4n) is 3.25. The van der Waals surface area contributed by atoms with Crippen LogP contribution in [0.1, 0.15) is 27.2 Å². The van der Waals surface area contributed by atoms with Crippen molar-refractivity contribution in [1.29, 1.82) is 0 Å². The molecule has 8 nitrogen and oxygen atoms in total. The number of amides is 2. The third kappa shape index (κ3) is 6.11. The number of benzene rings is 1. The maximum absolute atomic E-state index is 14.0. The molecule has 170 valence electrons. The molecule has 2 saturated heterocycles. The van der Waals surface area contributed by atoms with Gasteiger partial charge < -0.3 is 15.0 Å². The van der Waals surface area contributed by atoms with E-state index in [1.54, 1.807) is 31.7 Å². The van der Waals surface area contributed by atoms with Crippen molar-refractivity contribution >= 4 is 56.1 Å². The molecule has 2 fully saturated rings. The molecule has 3 rings (SSSR count). The van der Waals surface area contributed by atoms with Crippen molar-refractivity contribution < 1.29 is 27.1 Å². The van der Waals surface area contributed by atoms with E-state index in [0.717, 1.165) is 0 Å². The number of hydrogen-bond acceptors (Lipinski definition) is 6. The van der Waals surface area contributed by atoms with Gasteiger partial charge in [0.1, 0.15) is 11.4 Å². The van der Waals surface area contributed by atoms with Crippen LogP contribution in [0.3, 0.4) is 0 Å². The van der Waals surface area contributed by atoms with Crippen LogP contribution in [0.15, 0.2) is 23.2 Å². The summed E-state index contributed by atoms with van der Waals surface area (Å²) in [5.41, 5.74) is -0.279. The summed E-state index contributed by atoms with van der Waals surface area (Å²) in [6, 6.07) is 3.67. The number of fused-ring (bicyclic) bond motifs is 1. The van der Waals surface area contributed by atoms with Crippen LogP contribution in [0.4, 0.5) is 14.9 Å². The second-order valence-corrected chi connectivity index (χ2v) is 12.0. The van der Waals surface area contributed by atoms with Crippen LogP contribution in [0.5, 0.6) is 0 Å². The molecule has 12 heteroatoms. The van der Waals surface area contributed by atoms with Gasteiger partial charge in [-0.15, -0.1) is 0 Å². The number of nitrogens with zero attached hydrogens (tertiary/aromatic N) is 2. The predicted molar refractivity (Wildman–Crippen MR) is 119 cm³/mol. The molecule has 1 N–H and O–H groups in total. The molecule has 0 bridgehead atoms. The number of nitrogens with one attached hydrogen (secondary N) is 1. The largest absolute Gasteiger partial charge is 0.444 e. The second kappa shape index (κ2) is 8.95. The summed E-state index contributed by atoms with van der Waals surface area (Å²) in [5, 5.41) is 2.42. The van der Waals surface area contributed by atoms with Gasteiger partial charge in [-0.05, 0) is 39.0 Å². The van der Waals surface area contributed by atoms with Crippen molar-refractivity contribution in [3.8, 4) is 0 Å². The Labute approximate surface area is 189 Å². The first kappa shape index (κ1) is 23.8. The van der Waals surface area contributed by atoms with E-state index < -0.39 is 39.3 Å². The van der Waals surface area contributed by atoms with Crippen molar-refractivity contribution in [1.82, 2.24) is 5.32 Å². The standard InChI is InChI=1S/C19H23ClFN3O5S2/c1-19(2,3)29-18(26)22-7-6-16(25)23-17-24(11-4-5-12(20)13(21)8-11)14-9-31(27,28)10-15(14)30-17/h4-5,8,14-15H,6-7,9-10H2,1-3H3,(H,22,26). The Morgan fingerprint density at radius 2 is 2.06 bits per heavy atom. The summed E-state index contributed by atoms with van der Waals surface area (Å²) in [7, 11) is -3.24. The van der Waals surface area contributed by atoms with Crippen molar-refractivity contribution in [2.24, 2.45) is 4.99 Å². The number of anilines is 1.